The van der Waals surface area contributed by atoms with Gasteiger partial charge in [-0.25, -0.2) is 4.39 Å². The van der Waals surface area contributed by atoms with E-state index in [1.807, 2.05) is 43.3 Å². The Morgan fingerprint density at radius 1 is 1.05 bits per heavy atom. The molecule has 0 aliphatic heterocycles. The Labute approximate surface area is 236 Å². The van der Waals surface area contributed by atoms with E-state index in [9.17, 15) is 9.50 Å². The standard InChI is InChI=1S/C29H41ClFN3O3.CH2O/c1-29(2,3)33-11-8-26(10-14-35)37-17-16-36-15-12-32-20-23-18-25(31)19-28-27(23)9-13-34(28)21-22-4-6-24(30)7-5-22;1-2/h4-7,9,13,18-19,26,32-33,35H,8,10-12,14-17,20-21H2,1-3H3;1H2. The van der Waals surface area contributed by atoms with E-state index in [-0.39, 0.29) is 24.1 Å². The molecule has 3 rings (SSSR count). The number of fused-ring (bicyclic) bond motifs is 1. The number of benzene rings is 2. The number of ether oxygens (including phenoxy) is 2. The highest BCUT2D eigenvalue weighted by atomic mass is 35.5. The largest absolute Gasteiger partial charge is 0.396 e. The maximum absolute atomic E-state index is 14.4. The normalized spacial score (nSPS) is 12.4. The molecule has 39 heavy (non-hydrogen) atoms. The number of hydrogen-bond acceptors (Lipinski definition) is 6. The highest BCUT2D eigenvalue weighted by Gasteiger charge is 2.13. The number of nitrogens with one attached hydrogen (secondary N) is 2. The number of rotatable bonds is 16. The minimum absolute atomic E-state index is 0.0176. The molecule has 0 fully saturated rings. The summed E-state index contributed by atoms with van der Waals surface area (Å²) in [7, 11) is 0. The number of hydrogen-bond donors (Lipinski definition) is 3. The summed E-state index contributed by atoms with van der Waals surface area (Å²) in [5, 5.41) is 17.8. The molecular formula is C30H43ClFN3O4. The molecule has 0 bridgehead atoms. The maximum Gasteiger partial charge on any atom is 0.125 e. The highest BCUT2D eigenvalue weighted by molar-refractivity contribution is 6.30. The molecule has 3 N–H and O–H groups in total. The van der Waals surface area contributed by atoms with Gasteiger partial charge in [0.1, 0.15) is 12.6 Å². The van der Waals surface area contributed by atoms with E-state index in [1.165, 1.54) is 0 Å². The van der Waals surface area contributed by atoms with Crippen LogP contribution in [-0.2, 0) is 27.4 Å². The van der Waals surface area contributed by atoms with Crippen LogP contribution in [0.4, 0.5) is 4.39 Å². The third kappa shape index (κ3) is 12.2. The molecule has 0 saturated heterocycles. The molecule has 1 unspecified atom stereocenters. The van der Waals surface area contributed by atoms with Gasteiger partial charge in [-0.3, -0.25) is 0 Å². The second-order valence-electron chi connectivity index (χ2n) is 10.3. The van der Waals surface area contributed by atoms with Crippen molar-refractivity contribution >= 4 is 29.3 Å². The number of halogens is 2. The summed E-state index contributed by atoms with van der Waals surface area (Å²) in [5.74, 6) is -0.246. The van der Waals surface area contributed by atoms with Crippen LogP contribution >= 0.6 is 11.6 Å². The summed E-state index contributed by atoms with van der Waals surface area (Å²) in [6, 6.07) is 12.9. The van der Waals surface area contributed by atoms with Crippen LogP contribution < -0.4 is 10.6 Å². The summed E-state index contributed by atoms with van der Waals surface area (Å²) in [4.78, 5) is 8.00. The van der Waals surface area contributed by atoms with Crippen molar-refractivity contribution in [3.05, 3.63) is 70.6 Å². The third-order valence-corrected chi connectivity index (χ3v) is 6.35. The van der Waals surface area contributed by atoms with Crippen molar-refractivity contribution in [1.82, 2.24) is 15.2 Å². The quantitative estimate of drug-likeness (QED) is 0.214. The lowest BCUT2D eigenvalue weighted by molar-refractivity contribution is -0.0980. The van der Waals surface area contributed by atoms with Gasteiger partial charge in [-0.1, -0.05) is 23.7 Å². The molecular weight excluding hydrogens is 521 g/mol. The van der Waals surface area contributed by atoms with Crippen LogP contribution in [0.2, 0.25) is 5.02 Å². The molecule has 216 valence electrons. The van der Waals surface area contributed by atoms with Crippen LogP contribution in [0.25, 0.3) is 10.9 Å². The van der Waals surface area contributed by atoms with Crippen molar-refractivity contribution in [2.45, 2.75) is 58.3 Å². The van der Waals surface area contributed by atoms with Crippen LogP contribution in [0, 0.1) is 5.82 Å². The number of aliphatic hydroxyl groups excluding tert-OH is 1. The van der Waals surface area contributed by atoms with Crippen molar-refractivity contribution in [1.29, 1.82) is 0 Å². The van der Waals surface area contributed by atoms with Crippen molar-refractivity contribution in [2.75, 3.05) is 39.5 Å². The minimum Gasteiger partial charge on any atom is -0.396 e. The molecule has 0 spiro atoms. The van der Waals surface area contributed by atoms with Crippen LogP contribution in [0.15, 0.2) is 48.7 Å². The average molecular weight is 564 g/mol. The highest BCUT2D eigenvalue weighted by Crippen LogP contribution is 2.23. The molecule has 3 aromatic rings. The molecule has 1 aromatic heterocycles. The number of aliphatic hydroxyl groups is 1. The summed E-state index contributed by atoms with van der Waals surface area (Å²) < 4.78 is 28.0. The molecule has 0 aliphatic rings. The van der Waals surface area contributed by atoms with E-state index in [0.717, 1.165) is 35.0 Å². The van der Waals surface area contributed by atoms with Gasteiger partial charge in [-0.05, 0) is 81.6 Å². The molecule has 1 atom stereocenters. The summed E-state index contributed by atoms with van der Waals surface area (Å²) in [6.07, 6.45) is 3.48. The fourth-order valence-electron chi connectivity index (χ4n) is 4.21. The minimum atomic E-state index is -0.246. The van der Waals surface area contributed by atoms with Crippen molar-refractivity contribution in [3.63, 3.8) is 0 Å². The Morgan fingerprint density at radius 2 is 1.79 bits per heavy atom. The first-order valence-corrected chi connectivity index (χ1v) is 13.7. The molecule has 1 heterocycles. The number of carbonyl (C=O) groups excluding carboxylic acids is 1. The van der Waals surface area contributed by atoms with Gasteiger partial charge in [0.05, 0.1) is 31.4 Å². The van der Waals surface area contributed by atoms with Crippen LogP contribution in [-0.4, -0.2) is 67.6 Å². The van der Waals surface area contributed by atoms with Gasteiger partial charge in [0, 0.05) is 48.4 Å². The van der Waals surface area contributed by atoms with Crippen LogP contribution in [0.1, 0.15) is 44.7 Å². The van der Waals surface area contributed by atoms with Gasteiger partial charge in [0.15, 0.2) is 0 Å². The first-order valence-electron chi connectivity index (χ1n) is 13.3. The topological polar surface area (TPSA) is 84.8 Å². The lowest BCUT2D eigenvalue weighted by Crippen LogP contribution is -2.38. The molecule has 0 aliphatic carbocycles. The number of carbonyl (C=O) groups is 1. The Bertz CT molecular complexity index is 1100. The Hall–Kier alpha value is -2.33. The van der Waals surface area contributed by atoms with E-state index < -0.39 is 0 Å². The molecule has 0 saturated carbocycles. The Kier molecular flexibility index (Phi) is 14.7. The van der Waals surface area contributed by atoms with Gasteiger partial charge < -0.3 is 34.6 Å². The second kappa shape index (κ2) is 17.4. The lowest BCUT2D eigenvalue weighted by Gasteiger charge is -2.23. The molecule has 7 nitrogen and oxygen atoms in total. The molecule has 9 heteroatoms. The van der Waals surface area contributed by atoms with Gasteiger partial charge in [-0.2, -0.15) is 0 Å². The van der Waals surface area contributed by atoms with E-state index in [0.29, 0.717) is 50.9 Å². The van der Waals surface area contributed by atoms with Gasteiger partial charge >= 0.3 is 0 Å². The second-order valence-corrected chi connectivity index (χ2v) is 10.8. The van der Waals surface area contributed by atoms with Crippen LogP contribution in [0.5, 0.6) is 0 Å². The van der Waals surface area contributed by atoms with Gasteiger partial charge in [-0.15, -0.1) is 0 Å². The maximum atomic E-state index is 14.4. The average Bonchev–Trinajstić information content (AvgIpc) is 3.29. The first-order chi connectivity index (χ1) is 18.7. The van der Waals surface area contributed by atoms with Crippen molar-refractivity contribution in [2.24, 2.45) is 0 Å². The van der Waals surface area contributed by atoms with Crippen LogP contribution in [0.3, 0.4) is 0 Å². The predicted octanol–water partition coefficient (Wildman–Crippen LogP) is 4.95. The molecule has 0 amide bonds. The van der Waals surface area contributed by atoms with E-state index in [1.54, 1.807) is 12.1 Å². The zero-order valence-electron chi connectivity index (χ0n) is 23.3. The zero-order chi connectivity index (χ0) is 28.7. The summed E-state index contributed by atoms with van der Waals surface area (Å²) in [6.45, 7) is 12.7. The smallest absolute Gasteiger partial charge is 0.125 e. The third-order valence-electron chi connectivity index (χ3n) is 6.10. The molecule has 0 radical (unpaired) electrons. The van der Waals surface area contributed by atoms with Gasteiger partial charge in [0.25, 0.3) is 0 Å². The fraction of sp³-hybridized carbons (Fsp3) is 0.500. The Balaban J connectivity index is 0.00000260. The summed E-state index contributed by atoms with van der Waals surface area (Å²) in [5.41, 5.74) is 2.97. The SMILES string of the molecule is C=O.CC(C)(C)NCCC(CCO)OCCOCCNCc1cc(F)cc2c1ccn2Cc1ccc(Cl)cc1. The fourth-order valence-corrected chi connectivity index (χ4v) is 4.34. The predicted molar refractivity (Wildman–Crippen MR) is 156 cm³/mol. The number of nitrogens with zero attached hydrogens (tertiary/aromatic N) is 1. The van der Waals surface area contributed by atoms with Crippen molar-refractivity contribution in [3.8, 4) is 0 Å². The molecule has 2 aromatic carbocycles. The Morgan fingerprint density at radius 3 is 2.49 bits per heavy atom. The summed E-state index contributed by atoms with van der Waals surface area (Å²) >= 11 is 5.99. The van der Waals surface area contributed by atoms with E-state index >= 15 is 0 Å². The van der Waals surface area contributed by atoms with Gasteiger partial charge in [0.2, 0.25) is 0 Å². The lowest BCUT2D eigenvalue weighted by atomic mass is 10.1. The number of aromatic nitrogens is 1. The monoisotopic (exact) mass is 563 g/mol. The van der Waals surface area contributed by atoms with E-state index in [4.69, 9.17) is 25.9 Å². The zero-order valence-corrected chi connectivity index (χ0v) is 24.1. The van der Waals surface area contributed by atoms with E-state index in [2.05, 4.69) is 36.0 Å². The van der Waals surface area contributed by atoms with Crippen molar-refractivity contribution < 1.29 is 23.8 Å². The first kappa shape index (κ1) is 32.9.